The Kier molecular flexibility index (Phi) is 4.92. The van der Waals surface area contributed by atoms with Gasteiger partial charge in [0, 0.05) is 20.0 Å². The van der Waals surface area contributed by atoms with Crippen LogP contribution in [0, 0.1) is 5.82 Å². The van der Waals surface area contributed by atoms with E-state index in [1.54, 1.807) is 24.1 Å². The van der Waals surface area contributed by atoms with E-state index in [1.165, 1.54) is 12.1 Å². The van der Waals surface area contributed by atoms with Gasteiger partial charge in [-0.3, -0.25) is 4.79 Å². The van der Waals surface area contributed by atoms with Crippen molar-refractivity contribution in [1.82, 2.24) is 4.90 Å². The first-order valence-electron chi connectivity index (χ1n) is 5.32. The zero-order chi connectivity index (χ0) is 12.0. The van der Waals surface area contributed by atoms with Crippen LogP contribution < -0.4 is 5.73 Å². The van der Waals surface area contributed by atoms with E-state index in [4.69, 9.17) is 5.73 Å². The Morgan fingerprint density at radius 1 is 1.50 bits per heavy atom. The molecule has 4 heteroatoms. The highest BCUT2D eigenvalue weighted by molar-refractivity contribution is 5.75. The molecule has 88 valence electrons. The van der Waals surface area contributed by atoms with Gasteiger partial charge in [0.25, 0.3) is 0 Å². The molecule has 3 nitrogen and oxygen atoms in total. The van der Waals surface area contributed by atoms with Gasteiger partial charge in [-0.05, 0) is 30.7 Å². The standard InChI is InChI=1S/C12H17FN2O/c1-15(12(16)6-3-7-14)9-10-4-2-5-11(13)8-10/h2,4-5,8H,3,6-7,9,14H2,1H3. The highest BCUT2D eigenvalue weighted by Gasteiger charge is 2.08. The maximum atomic E-state index is 12.9. The molecule has 0 unspecified atom stereocenters. The summed E-state index contributed by atoms with van der Waals surface area (Å²) in [7, 11) is 1.71. The molecule has 0 aromatic heterocycles. The van der Waals surface area contributed by atoms with Crippen molar-refractivity contribution in [2.45, 2.75) is 19.4 Å². The molecule has 16 heavy (non-hydrogen) atoms. The van der Waals surface area contributed by atoms with Crippen molar-refractivity contribution in [3.8, 4) is 0 Å². The molecule has 0 aliphatic heterocycles. The second-order valence-corrected chi connectivity index (χ2v) is 3.77. The van der Waals surface area contributed by atoms with Gasteiger partial charge < -0.3 is 10.6 Å². The number of nitrogens with two attached hydrogens (primary N) is 1. The van der Waals surface area contributed by atoms with Gasteiger partial charge in [-0.1, -0.05) is 12.1 Å². The third-order valence-electron chi connectivity index (χ3n) is 2.33. The molecule has 0 atom stereocenters. The monoisotopic (exact) mass is 224 g/mol. The summed E-state index contributed by atoms with van der Waals surface area (Å²) in [6, 6.07) is 6.27. The maximum Gasteiger partial charge on any atom is 0.222 e. The lowest BCUT2D eigenvalue weighted by Gasteiger charge is -2.17. The number of hydrogen-bond donors (Lipinski definition) is 1. The number of carbonyl (C=O) groups excluding carboxylic acids is 1. The molecule has 0 bridgehead atoms. The number of rotatable bonds is 5. The number of carbonyl (C=O) groups is 1. The molecule has 0 saturated carbocycles. The molecule has 0 heterocycles. The third kappa shape index (κ3) is 3.98. The van der Waals surface area contributed by atoms with E-state index in [0.29, 0.717) is 25.9 Å². The fraction of sp³-hybridized carbons (Fsp3) is 0.417. The minimum Gasteiger partial charge on any atom is -0.341 e. The first-order valence-corrected chi connectivity index (χ1v) is 5.32. The van der Waals surface area contributed by atoms with Crippen molar-refractivity contribution < 1.29 is 9.18 Å². The van der Waals surface area contributed by atoms with Crippen LogP contribution in [0.3, 0.4) is 0 Å². The van der Waals surface area contributed by atoms with Crippen LogP contribution >= 0.6 is 0 Å². The zero-order valence-corrected chi connectivity index (χ0v) is 9.45. The Balaban J connectivity index is 2.50. The number of hydrogen-bond acceptors (Lipinski definition) is 2. The molecule has 1 aromatic rings. The molecular weight excluding hydrogens is 207 g/mol. The van der Waals surface area contributed by atoms with Gasteiger partial charge in [-0.25, -0.2) is 4.39 Å². The molecule has 2 N–H and O–H groups in total. The van der Waals surface area contributed by atoms with Crippen LogP contribution in [0.2, 0.25) is 0 Å². The van der Waals surface area contributed by atoms with Crippen LogP contribution in [-0.2, 0) is 11.3 Å². The fourth-order valence-electron chi connectivity index (χ4n) is 1.44. The molecule has 0 fully saturated rings. The molecule has 0 aliphatic carbocycles. The molecule has 1 rings (SSSR count). The molecule has 0 spiro atoms. The summed E-state index contributed by atoms with van der Waals surface area (Å²) in [5, 5.41) is 0. The average molecular weight is 224 g/mol. The lowest BCUT2D eigenvalue weighted by Crippen LogP contribution is -2.26. The Morgan fingerprint density at radius 3 is 2.88 bits per heavy atom. The number of halogens is 1. The lowest BCUT2D eigenvalue weighted by molar-refractivity contribution is -0.130. The van der Waals surface area contributed by atoms with Crippen LogP contribution in [0.1, 0.15) is 18.4 Å². The number of benzene rings is 1. The normalized spacial score (nSPS) is 10.2. The van der Waals surface area contributed by atoms with Gasteiger partial charge in [0.2, 0.25) is 5.91 Å². The van der Waals surface area contributed by atoms with Crippen molar-refractivity contribution in [2.75, 3.05) is 13.6 Å². The summed E-state index contributed by atoms with van der Waals surface area (Å²) in [5.74, 6) is -0.241. The van der Waals surface area contributed by atoms with Crippen LogP contribution in [0.25, 0.3) is 0 Å². The molecular formula is C12H17FN2O. The van der Waals surface area contributed by atoms with E-state index in [0.717, 1.165) is 5.56 Å². The van der Waals surface area contributed by atoms with Crippen LogP contribution in [0.4, 0.5) is 4.39 Å². The Labute approximate surface area is 95.0 Å². The van der Waals surface area contributed by atoms with Crippen molar-refractivity contribution >= 4 is 5.91 Å². The van der Waals surface area contributed by atoms with Crippen LogP contribution in [-0.4, -0.2) is 24.4 Å². The van der Waals surface area contributed by atoms with E-state index in [1.807, 2.05) is 0 Å². The number of amides is 1. The largest absolute Gasteiger partial charge is 0.341 e. The van der Waals surface area contributed by atoms with Crippen molar-refractivity contribution in [3.05, 3.63) is 35.6 Å². The van der Waals surface area contributed by atoms with Gasteiger partial charge in [-0.2, -0.15) is 0 Å². The van der Waals surface area contributed by atoms with E-state index in [-0.39, 0.29) is 11.7 Å². The fourth-order valence-corrected chi connectivity index (χ4v) is 1.44. The SMILES string of the molecule is CN(Cc1cccc(F)c1)C(=O)CCCN. The summed E-state index contributed by atoms with van der Waals surface area (Å²) in [5.41, 5.74) is 6.12. The van der Waals surface area contributed by atoms with E-state index in [2.05, 4.69) is 0 Å². The van der Waals surface area contributed by atoms with Crippen LogP contribution in [0.15, 0.2) is 24.3 Å². The van der Waals surface area contributed by atoms with E-state index >= 15 is 0 Å². The minimum absolute atomic E-state index is 0.0368. The highest BCUT2D eigenvalue weighted by Crippen LogP contribution is 2.07. The topological polar surface area (TPSA) is 46.3 Å². The van der Waals surface area contributed by atoms with E-state index in [9.17, 15) is 9.18 Å². The summed E-state index contributed by atoms with van der Waals surface area (Å²) in [4.78, 5) is 13.2. The maximum absolute atomic E-state index is 12.9. The first kappa shape index (κ1) is 12.6. The Hall–Kier alpha value is -1.42. The quantitative estimate of drug-likeness (QED) is 0.824. The first-order chi connectivity index (χ1) is 7.63. The summed E-state index contributed by atoms with van der Waals surface area (Å²) >= 11 is 0. The van der Waals surface area contributed by atoms with Gasteiger partial charge in [0.1, 0.15) is 5.82 Å². The summed E-state index contributed by atoms with van der Waals surface area (Å²) in [6.07, 6.45) is 1.13. The smallest absolute Gasteiger partial charge is 0.222 e. The average Bonchev–Trinajstić information content (AvgIpc) is 2.25. The summed E-state index contributed by atoms with van der Waals surface area (Å²) < 4.78 is 12.9. The second-order valence-electron chi connectivity index (χ2n) is 3.77. The predicted octanol–water partition coefficient (Wildman–Crippen LogP) is 1.52. The molecule has 0 radical (unpaired) electrons. The second kappa shape index (κ2) is 6.23. The lowest BCUT2D eigenvalue weighted by atomic mass is 10.2. The zero-order valence-electron chi connectivity index (χ0n) is 9.45. The Morgan fingerprint density at radius 2 is 2.25 bits per heavy atom. The third-order valence-corrected chi connectivity index (χ3v) is 2.33. The van der Waals surface area contributed by atoms with Crippen molar-refractivity contribution in [3.63, 3.8) is 0 Å². The van der Waals surface area contributed by atoms with E-state index < -0.39 is 0 Å². The van der Waals surface area contributed by atoms with Gasteiger partial charge in [-0.15, -0.1) is 0 Å². The Bertz CT molecular complexity index is 355. The van der Waals surface area contributed by atoms with Crippen molar-refractivity contribution in [1.29, 1.82) is 0 Å². The van der Waals surface area contributed by atoms with Crippen LogP contribution in [0.5, 0.6) is 0 Å². The highest BCUT2D eigenvalue weighted by atomic mass is 19.1. The van der Waals surface area contributed by atoms with Crippen molar-refractivity contribution in [2.24, 2.45) is 5.73 Å². The molecule has 1 amide bonds. The van der Waals surface area contributed by atoms with Gasteiger partial charge in [0.15, 0.2) is 0 Å². The minimum atomic E-state index is -0.277. The van der Waals surface area contributed by atoms with Gasteiger partial charge in [0.05, 0.1) is 0 Å². The van der Waals surface area contributed by atoms with Gasteiger partial charge >= 0.3 is 0 Å². The summed E-state index contributed by atoms with van der Waals surface area (Å²) in [6.45, 7) is 0.945. The molecule has 1 aromatic carbocycles. The molecule has 0 aliphatic rings. The predicted molar refractivity (Wildman–Crippen MR) is 61.2 cm³/mol. The number of nitrogens with zero attached hydrogens (tertiary/aromatic N) is 1. The molecule has 0 saturated heterocycles.